The van der Waals surface area contributed by atoms with Crippen molar-refractivity contribution in [2.45, 2.75) is 45.4 Å². The Balaban J connectivity index is 1.51. The van der Waals surface area contributed by atoms with Crippen LogP contribution in [-0.4, -0.2) is 25.9 Å². The molecule has 7 heteroatoms. The lowest BCUT2D eigenvalue weighted by Crippen LogP contribution is -2.27. The molecule has 7 nitrogen and oxygen atoms in total. The molecule has 1 aliphatic rings. The minimum absolute atomic E-state index is 0.156. The quantitative estimate of drug-likeness (QED) is 0.694. The summed E-state index contributed by atoms with van der Waals surface area (Å²) in [6, 6.07) is 12.7. The molecule has 150 valence electrons. The molecular formula is C22H25N5O2. The van der Waals surface area contributed by atoms with E-state index in [0.717, 1.165) is 17.8 Å². The van der Waals surface area contributed by atoms with E-state index in [1.807, 2.05) is 36.4 Å². The first-order chi connectivity index (χ1) is 14.1. The number of hydrogen-bond acceptors (Lipinski definition) is 4. The fraction of sp³-hybridized carbons (Fsp3) is 0.364. The van der Waals surface area contributed by atoms with Crippen molar-refractivity contribution in [3.05, 3.63) is 69.8 Å². The lowest BCUT2D eigenvalue weighted by Gasteiger charge is -2.20. The van der Waals surface area contributed by atoms with Gasteiger partial charge in [-0.25, -0.2) is 4.68 Å². The van der Waals surface area contributed by atoms with Crippen molar-refractivity contribution in [1.29, 1.82) is 0 Å². The number of hydrogen-bond donors (Lipinski definition) is 2. The highest BCUT2D eigenvalue weighted by molar-refractivity contribution is 6.02. The van der Waals surface area contributed by atoms with E-state index in [0.29, 0.717) is 17.4 Å². The maximum absolute atomic E-state index is 12.7. The fourth-order valence-electron chi connectivity index (χ4n) is 3.94. The molecule has 1 aromatic carbocycles. The summed E-state index contributed by atoms with van der Waals surface area (Å²) in [4.78, 5) is 25.0. The molecule has 1 fully saturated rings. The predicted molar refractivity (Wildman–Crippen MR) is 111 cm³/mol. The summed E-state index contributed by atoms with van der Waals surface area (Å²) in [5, 5.41) is 14.2. The average molecular weight is 391 g/mol. The average Bonchev–Trinajstić information content (AvgIpc) is 3.16. The molecule has 0 bridgehead atoms. The zero-order valence-electron chi connectivity index (χ0n) is 16.5. The summed E-state index contributed by atoms with van der Waals surface area (Å²) in [5.74, 6) is 0.522. The second-order valence-electron chi connectivity index (χ2n) is 7.69. The molecule has 3 aromatic rings. The molecule has 1 amide bonds. The second-order valence-corrected chi connectivity index (χ2v) is 7.69. The molecule has 0 aliphatic heterocycles. The molecular weight excluding hydrogens is 366 g/mol. The Morgan fingerprint density at radius 1 is 1.17 bits per heavy atom. The second kappa shape index (κ2) is 8.43. The van der Waals surface area contributed by atoms with Gasteiger partial charge in [-0.1, -0.05) is 50.3 Å². The number of amides is 1. The number of aromatic amines is 1. The summed E-state index contributed by atoms with van der Waals surface area (Å²) in [6.07, 6.45) is 7.32. The predicted octanol–water partition coefficient (Wildman–Crippen LogP) is 3.64. The Hall–Kier alpha value is -3.22. The summed E-state index contributed by atoms with van der Waals surface area (Å²) < 4.78 is 1.59. The Labute approximate surface area is 169 Å². The van der Waals surface area contributed by atoms with Crippen LogP contribution in [0.3, 0.4) is 0 Å². The molecule has 0 atom stereocenters. The van der Waals surface area contributed by atoms with Gasteiger partial charge in [-0.05, 0) is 31.4 Å². The monoisotopic (exact) mass is 391 g/mol. The van der Waals surface area contributed by atoms with E-state index < -0.39 is 11.3 Å². The first kappa shape index (κ1) is 19.1. The van der Waals surface area contributed by atoms with E-state index >= 15 is 0 Å². The number of aryl methyl sites for hydroxylation is 1. The smallest absolute Gasteiger partial charge is 0.281 e. The van der Waals surface area contributed by atoms with E-state index in [2.05, 4.69) is 20.6 Å². The van der Waals surface area contributed by atoms with Crippen LogP contribution in [0.25, 0.3) is 5.69 Å². The number of carbonyl (C=O) groups excluding carboxylic acids is 1. The van der Waals surface area contributed by atoms with Crippen LogP contribution in [0.1, 0.15) is 54.0 Å². The third-order valence-electron chi connectivity index (χ3n) is 5.43. The van der Waals surface area contributed by atoms with Gasteiger partial charge in [0.1, 0.15) is 0 Å². The third kappa shape index (κ3) is 4.45. The highest BCUT2D eigenvalue weighted by atomic mass is 16.2. The highest BCUT2D eigenvalue weighted by Crippen LogP contribution is 2.26. The zero-order valence-corrected chi connectivity index (χ0v) is 16.5. The van der Waals surface area contributed by atoms with Gasteiger partial charge in [0.2, 0.25) is 5.43 Å². The van der Waals surface area contributed by atoms with Crippen LogP contribution in [0.2, 0.25) is 0 Å². The Morgan fingerprint density at radius 3 is 2.69 bits per heavy atom. The van der Waals surface area contributed by atoms with E-state index in [-0.39, 0.29) is 5.69 Å². The topological polar surface area (TPSA) is 92.7 Å². The van der Waals surface area contributed by atoms with Crippen molar-refractivity contribution in [3.8, 4) is 5.69 Å². The first-order valence-electron chi connectivity index (χ1n) is 10.1. The number of aromatic nitrogens is 4. The van der Waals surface area contributed by atoms with Crippen LogP contribution in [0.5, 0.6) is 0 Å². The van der Waals surface area contributed by atoms with Crippen molar-refractivity contribution in [2.75, 3.05) is 5.32 Å². The molecule has 1 saturated carbocycles. The van der Waals surface area contributed by atoms with Crippen molar-refractivity contribution in [3.63, 3.8) is 0 Å². The third-order valence-corrected chi connectivity index (χ3v) is 5.43. The van der Waals surface area contributed by atoms with Crippen LogP contribution in [0.15, 0.2) is 47.3 Å². The number of para-hydroxylation sites is 1. The lowest BCUT2D eigenvalue weighted by molar-refractivity contribution is 0.101. The van der Waals surface area contributed by atoms with Crippen LogP contribution in [0, 0.1) is 12.8 Å². The molecule has 0 spiro atoms. The van der Waals surface area contributed by atoms with Gasteiger partial charge < -0.3 is 5.32 Å². The van der Waals surface area contributed by atoms with E-state index in [1.54, 1.807) is 11.6 Å². The van der Waals surface area contributed by atoms with Crippen LogP contribution >= 0.6 is 0 Å². The largest absolute Gasteiger partial charge is 0.304 e. The first-order valence-corrected chi connectivity index (χ1v) is 10.1. The minimum atomic E-state index is -0.560. The van der Waals surface area contributed by atoms with E-state index in [4.69, 9.17) is 0 Å². The maximum Gasteiger partial charge on any atom is 0.281 e. The summed E-state index contributed by atoms with van der Waals surface area (Å²) >= 11 is 0. The van der Waals surface area contributed by atoms with Gasteiger partial charge in [-0.15, -0.1) is 0 Å². The molecule has 0 saturated heterocycles. The van der Waals surface area contributed by atoms with Crippen LogP contribution < -0.4 is 10.7 Å². The lowest BCUT2D eigenvalue weighted by atomic mass is 9.86. The minimum Gasteiger partial charge on any atom is -0.304 e. The Morgan fingerprint density at radius 2 is 1.93 bits per heavy atom. The Kier molecular flexibility index (Phi) is 5.55. The van der Waals surface area contributed by atoms with E-state index in [9.17, 15) is 9.59 Å². The molecule has 1 aliphatic carbocycles. The SMILES string of the molecule is Cc1cc(=O)c(C(=O)Nc2cc(CC3CCCCC3)[nH]n2)nn1-c1ccccc1. The molecule has 29 heavy (non-hydrogen) atoms. The molecule has 4 rings (SSSR count). The van der Waals surface area contributed by atoms with Gasteiger partial charge in [0, 0.05) is 23.5 Å². The van der Waals surface area contributed by atoms with Crippen molar-refractivity contribution in [1.82, 2.24) is 20.0 Å². The summed E-state index contributed by atoms with van der Waals surface area (Å²) in [7, 11) is 0. The highest BCUT2D eigenvalue weighted by Gasteiger charge is 2.18. The molecule has 2 aromatic heterocycles. The van der Waals surface area contributed by atoms with E-state index in [1.165, 1.54) is 38.2 Å². The number of nitrogens with one attached hydrogen (secondary N) is 2. The normalized spacial score (nSPS) is 14.7. The van der Waals surface area contributed by atoms with Gasteiger partial charge in [-0.3, -0.25) is 14.7 Å². The standard InChI is InChI=1S/C22H25N5O2/c1-15-12-19(28)21(26-27(15)18-10-6-3-7-11-18)22(29)23-20-14-17(24-25-20)13-16-8-4-2-5-9-16/h3,6-7,10-12,14,16H,2,4-5,8-9,13H2,1H3,(H2,23,24,25,29). The zero-order chi connectivity index (χ0) is 20.2. The van der Waals surface area contributed by atoms with Crippen LogP contribution in [0.4, 0.5) is 5.82 Å². The van der Waals surface area contributed by atoms with Gasteiger partial charge in [0.05, 0.1) is 5.69 Å². The molecule has 0 radical (unpaired) electrons. The summed E-state index contributed by atoms with van der Waals surface area (Å²) in [5.41, 5.74) is 1.88. The number of rotatable bonds is 5. The molecule has 2 heterocycles. The molecule has 0 unspecified atom stereocenters. The van der Waals surface area contributed by atoms with Gasteiger partial charge in [-0.2, -0.15) is 10.2 Å². The number of carbonyl (C=O) groups is 1. The Bertz CT molecular complexity index is 1050. The number of nitrogens with zero attached hydrogens (tertiary/aromatic N) is 3. The number of H-pyrrole nitrogens is 1. The van der Waals surface area contributed by atoms with Crippen LogP contribution in [-0.2, 0) is 6.42 Å². The van der Waals surface area contributed by atoms with Crippen molar-refractivity contribution >= 4 is 11.7 Å². The number of anilines is 1. The van der Waals surface area contributed by atoms with Gasteiger partial charge in [0.15, 0.2) is 11.5 Å². The number of benzene rings is 1. The van der Waals surface area contributed by atoms with Gasteiger partial charge in [0.25, 0.3) is 5.91 Å². The fourth-order valence-corrected chi connectivity index (χ4v) is 3.94. The molecule has 2 N–H and O–H groups in total. The maximum atomic E-state index is 12.7. The van der Waals surface area contributed by atoms with Crippen molar-refractivity contribution < 1.29 is 4.79 Å². The summed E-state index contributed by atoms with van der Waals surface area (Å²) in [6.45, 7) is 1.79. The van der Waals surface area contributed by atoms with Gasteiger partial charge >= 0.3 is 0 Å². The van der Waals surface area contributed by atoms with Crippen molar-refractivity contribution in [2.24, 2.45) is 5.92 Å².